The van der Waals surface area contributed by atoms with Crippen molar-refractivity contribution in [3.05, 3.63) is 10.6 Å². The van der Waals surface area contributed by atoms with Gasteiger partial charge in [0.1, 0.15) is 0 Å². The molecule has 2 nitrogen and oxygen atoms in total. The Balaban J connectivity index is 0. The number of halogens is 2. The predicted octanol–water partition coefficient (Wildman–Crippen LogP) is 2.37. The van der Waals surface area contributed by atoms with Crippen molar-refractivity contribution < 1.29 is 16.5 Å². The molecule has 0 radical (unpaired) electrons. The van der Waals surface area contributed by atoms with Crippen LogP contribution in [0.4, 0.5) is 0 Å². The van der Waals surface area contributed by atoms with Gasteiger partial charge in [-0.1, -0.05) is 0 Å². The number of nitrogens with zero attached hydrogens (tertiary/aromatic N) is 2. The van der Waals surface area contributed by atoms with E-state index in [1.807, 2.05) is 0 Å². The van der Waals surface area contributed by atoms with Gasteiger partial charge in [0.2, 0.25) is 0 Å². The molecule has 0 aromatic rings. The Morgan fingerprint density at radius 3 is 1.44 bits per heavy atom. The maximum absolute atomic E-state index is 4.88. The molecular formula is C4H10Cl2N2Pt. The van der Waals surface area contributed by atoms with Gasteiger partial charge in [0.25, 0.3) is 0 Å². The van der Waals surface area contributed by atoms with Crippen LogP contribution in [0.25, 0.3) is 10.6 Å². The first-order chi connectivity index (χ1) is 4.33. The molecule has 0 N–H and O–H groups in total. The molecule has 0 rings (SSSR count). The Labute approximate surface area is 73.1 Å². The average molecular weight is 352 g/mol. The van der Waals surface area contributed by atoms with Crippen molar-refractivity contribution in [1.82, 2.24) is 0 Å². The molecule has 9 heavy (non-hydrogen) atoms. The van der Waals surface area contributed by atoms with Gasteiger partial charge in [0.05, 0.1) is 0 Å². The van der Waals surface area contributed by atoms with Crippen LogP contribution in [-0.2, 0) is 16.5 Å². The average Bonchev–Trinajstić information content (AvgIpc) is 1.86. The summed E-state index contributed by atoms with van der Waals surface area (Å²) in [4.78, 5) is 0. The van der Waals surface area contributed by atoms with Gasteiger partial charge in [-0.25, -0.2) is 0 Å². The molecule has 0 saturated carbocycles. The molecule has 0 spiro atoms. The summed E-state index contributed by atoms with van der Waals surface area (Å²) < 4.78 is 0. The minimum absolute atomic E-state index is 0.472. The van der Waals surface area contributed by atoms with Gasteiger partial charge >= 0.3 is 35.3 Å². The summed E-state index contributed by atoms with van der Waals surface area (Å²) in [5, 5.41) is 7.66. The van der Waals surface area contributed by atoms with E-state index in [4.69, 9.17) is 18.8 Å². The molecule has 0 unspecified atom stereocenters. The molecule has 0 fully saturated rings. The molecular weight excluding hydrogens is 342 g/mol. The van der Waals surface area contributed by atoms with Crippen molar-refractivity contribution in [1.29, 1.82) is 0 Å². The van der Waals surface area contributed by atoms with Crippen molar-refractivity contribution in [3.8, 4) is 0 Å². The van der Waals surface area contributed by atoms with Gasteiger partial charge in [0.15, 0.2) is 0 Å². The molecule has 0 aromatic heterocycles. The molecule has 0 aliphatic heterocycles. The van der Waals surface area contributed by atoms with Crippen molar-refractivity contribution in [2.45, 2.75) is 0 Å². The van der Waals surface area contributed by atoms with E-state index in [2.05, 4.69) is 10.6 Å². The van der Waals surface area contributed by atoms with E-state index in [0.717, 1.165) is 13.1 Å². The van der Waals surface area contributed by atoms with Gasteiger partial charge in [-0.15, -0.1) is 0 Å². The summed E-state index contributed by atoms with van der Waals surface area (Å²) in [5.41, 5.74) is 0. The first-order valence-electron chi connectivity index (χ1n) is 2.27. The SMILES string of the molecule is C[N-]CC[N-]C.[Cl][Pt+2][Cl]. The molecule has 0 saturated heterocycles. The van der Waals surface area contributed by atoms with Crippen LogP contribution < -0.4 is 0 Å². The van der Waals surface area contributed by atoms with Crippen molar-refractivity contribution in [3.63, 3.8) is 0 Å². The van der Waals surface area contributed by atoms with Gasteiger partial charge in [-0.3, -0.25) is 0 Å². The van der Waals surface area contributed by atoms with E-state index >= 15 is 0 Å². The Morgan fingerprint density at radius 2 is 1.33 bits per heavy atom. The van der Waals surface area contributed by atoms with Crippen LogP contribution in [0.15, 0.2) is 0 Å². The molecule has 0 aliphatic carbocycles. The summed E-state index contributed by atoms with van der Waals surface area (Å²) >= 11 is -0.472. The van der Waals surface area contributed by atoms with Crippen LogP contribution in [0.2, 0.25) is 0 Å². The zero-order valence-electron chi connectivity index (χ0n) is 5.38. The number of hydrogen-bond acceptors (Lipinski definition) is 0. The monoisotopic (exact) mass is 351 g/mol. The minimum atomic E-state index is -0.472. The third kappa shape index (κ3) is 27.1. The van der Waals surface area contributed by atoms with Crippen LogP contribution in [0.5, 0.6) is 0 Å². The molecule has 0 heterocycles. The van der Waals surface area contributed by atoms with E-state index in [1.54, 1.807) is 14.1 Å². The summed E-state index contributed by atoms with van der Waals surface area (Å²) in [7, 11) is 13.3. The van der Waals surface area contributed by atoms with E-state index in [1.165, 1.54) is 0 Å². The second kappa shape index (κ2) is 16.1. The fraction of sp³-hybridized carbons (Fsp3) is 1.00. The summed E-state index contributed by atoms with van der Waals surface area (Å²) in [6, 6.07) is 0. The van der Waals surface area contributed by atoms with E-state index in [0.29, 0.717) is 0 Å². The van der Waals surface area contributed by atoms with Crippen LogP contribution in [0.3, 0.4) is 0 Å². The van der Waals surface area contributed by atoms with Crippen molar-refractivity contribution in [2.75, 3.05) is 27.2 Å². The third-order valence-corrected chi connectivity index (χ3v) is 0.547. The standard InChI is InChI=1S/C4H10N2.2ClH.Pt/c1-5-3-4-6-2;;;/h3-4H2,1-2H3;2*1H;/q-2;;;+4/p-2. The van der Waals surface area contributed by atoms with Crippen LogP contribution >= 0.6 is 18.8 Å². The Bertz CT molecular complexity index is 35.7. The number of rotatable bonds is 3. The van der Waals surface area contributed by atoms with Gasteiger partial charge in [-0.05, 0) is 0 Å². The first-order valence-corrected chi connectivity index (χ1v) is 7.90. The Kier molecular flexibility index (Phi) is 22.9. The van der Waals surface area contributed by atoms with Crippen molar-refractivity contribution in [2.24, 2.45) is 0 Å². The fourth-order valence-corrected chi connectivity index (χ4v) is 0.200. The zero-order chi connectivity index (χ0) is 7.54. The number of hydrogen-bond donors (Lipinski definition) is 0. The molecule has 60 valence electrons. The Hall–Kier alpha value is 1.19. The van der Waals surface area contributed by atoms with Crippen LogP contribution in [0.1, 0.15) is 0 Å². The maximum atomic E-state index is 4.88. The molecule has 0 aromatic carbocycles. The van der Waals surface area contributed by atoms with Gasteiger partial charge in [-0.2, -0.15) is 27.2 Å². The topological polar surface area (TPSA) is 28.2 Å². The summed E-state index contributed by atoms with van der Waals surface area (Å²) in [6.45, 7) is 1.74. The van der Waals surface area contributed by atoms with Gasteiger partial charge in [0, 0.05) is 0 Å². The number of likely N-dealkylation sites (N-methyl/N-ethyl adjacent to an activating group) is 2. The second-order valence-electron chi connectivity index (χ2n) is 1.12. The molecule has 0 amide bonds. The van der Waals surface area contributed by atoms with Crippen LogP contribution in [-0.4, -0.2) is 27.2 Å². The zero-order valence-corrected chi connectivity index (χ0v) is 9.16. The third-order valence-electron chi connectivity index (χ3n) is 0.547. The summed E-state index contributed by atoms with van der Waals surface area (Å²) in [6.07, 6.45) is 0. The van der Waals surface area contributed by atoms with E-state index < -0.39 is 16.5 Å². The molecule has 0 atom stereocenters. The van der Waals surface area contributed by atoms with Crippen molar-refractivity contribution >= 4 is 18.8 Å². The first kappa shape index (κ1) is 12.8. The molecule has 0 bridgehead atoms. The van der Waals surface area contributed by atoms with E-state index in [9.17, 15) is 0 Å². The van der Waals surface area contributed by atoms with Crippen LogP contribution in [0, 0.1) is 0 Å². The predicted molar refractivity (Wildman–Crippen MR) is 40.0 cm³/mol. The molecule has 5 heteroatoms. The quantitative estimate of drug-likeness (QED) is 0.698. The van der Waals surface area contributed by atoms with E-state index in [-0.39, 0.29) is 0 Å². The normalized spacial score (nSPS) is 8.44. The Morgan fingerprint density at radius 1 is 1.11 bits per heavy atom. The van der Waals surface area contributed by atoms with Gasteiger partial charge < -0.3 is 10.6 Å². The summed E-state index contributed by atoms with van der Waals surface area (Å²) in [5.74, 6) is 0. The second-order valence-corrected chi connectivity index (χ2v) is 4.41. The molecule has 0 aliphatic rings. The fourth-order valence-electron chi connectivity index (χ4n) is 0.200.